The predicted molar refractivity (Wildman–Crippen MR) is 101 cm³/mol. The van der Waals surface area contributed by atoms with E-state index in [1.54, 1.807) is 17.4 Å². The molecule has 3 heterocycles. The topological polar surface area (TPSA) is 75.4 Å². The Hall–Kier alpha value is -3.41. The Morgan fingerprint density at radius 1 is 1.15 bits per heavy atom. The molecule has 1 atom stereocenters. The third-order valence-corrected chi connectivity index (χ3v) is 4.63. The normalized spacial score (nSPS) is 16.5. The fraction of sp³-hybridized carbons (Fsp3) is 0.190. The monoisotopic (exact) mass is 361 g/mol. The number of benzene rings is 1. The molecule has 1 unspecified atom stereocenters. The molecule has 0 bridgehead atoms. The molecule has 1 N–H and O–H groups in total. The van der Waals surface area contributed by atoms with Gasteiger partial charge in [0.1, 0.15) is 5.69 Å². The van der Waals surface area contributed by atoms with Gasteiger partial charge in [-0.25, -0.2) is 0 Å². The van der Waals surface area contributed by atoms with Gasteiger partial charge in [-0.2, -0.15) is 0 Å². The van der Waals surface area contributed by atoms with E-state index in [1.165, 1.54) is 0 Å². The predicted octanol–water partition coefficient (Wildman–Crippen LogP) is 3.01. The summed E-state index contributed by atoms with van der Waals surface area (Å²) < 4.78 is 5.31. The highest BCUT2D eigenvalue weighted by atomic mass is 16.3. The van der Waals surface area contributed by atoms with E-state index in [0.29, 0.717) is 18.8 Å². The summed E-state index contributed by atoms with van der Waals surface area (Å²) >= 11 is 0. The number of anilines is 1. The highest BCUT2D eigenvalue weighted by Gasteiger charge is 2.34. The van der Waals surface area contributed by atoms with Crippen LogP contribution in [0.1, 0.15) is 12.0 Å². The van der Waals surface area contributed by atoms with E-state index >= 15 is 0 Å². The Balaban J connectivity index is 1.34. The molecule has 27 heavy (non-hydrogen) atoms. The van der Waals surface area contributed by atoms with E-state index in [1.807, 2.05) is 54.6 Å². The fourth-order valence-electron chi connectivity index (χ4n) is 3.17. The highest BCUT2D eigenvalue weighted by Crippen LogP contribution is 2.25. The van der Waals surface area contributed by atoms with E-state index in [0.717, 1.165) is 16.9 Å². The largest absolute Gasteiger partial charge is 0.463 e. The molecule has 3 aromatic rings. The van der Waals surface area contributed by atoms with Gasteiger partial charge in [-0.15, -0.1) is 0 Å². The molecule has 6 nitrogen and oxygen atoms in total. The van der Waals surface area contributed by atoms with Gasteiger partial charge >= 0.3 is 0 Å². The van der Waals surface area contributed by atoms with Gasteiger partial charge in [-0.05, 0) is 35.9 Å². The maximum absolute atomic E-state index is 12.5. The number of para-hydroxylation sites is 1. The minimum absolute atomic E-state index is 0.0224. The zero-order valence-electron chi connectivity index (χ0n) is 14.7. The summed E-state index contributed by atoms with van der Waals surface area (Å²) in [6, 6.07) is 16.9. The lowest BCUT2D eigenvalue weighted by Gasteiger charge is -2.16. The van der Waals surface area contributed by atoms with Gasteiger partial charge in [0.15, 0.2) is 5.76 Å². The van der Waals surface area contributed by atoms with E-state index < -0.39 is 0 Å². The van der Waals surface area contributed by atoms with Gasteiger partial charge < -0.3 is 14.6 Å². The molecule has 4 rings (SSSR count). The van der Waals surface area contributed by atoms with Crippen LogP contribution in [0.3, 0.4) is 0 Å². The molecule has 136 valence electrons. The van der Waals surface area contributed by atoms with Crippen LogP contribution in [0.15, 0.2) is 71.5 Å². The lowest BCUT2D eigenvalue weighted by Crippen LogP contribution is -2.32. The molecule has 1 saturated heterocycles. The third-order valence-electron chi connectivity index (χ3n) is 4.63. The molecule has 1 aliphatic rings. The summed E-state index contributed by atoms with van der Waals surface area (Å²) in [7, 11) is 0. The van der Waals surface area contributed by atoms with Crippen LogP contribution in [0.4, 0.5) is 5.69 Å². The van der Waals surface area contributed by atoms with Gasteiger partial charge in [-0.3, -0.25) is 14.6 Å². The van der Waals surface area contributed by atoms with Crippen LogP contribution >= 0.6 is 0 Å². The van der Waals surface area contributed by atoms with E-state index in [-0.39, 0.29) is 24.2 Å². The average Bonchev–Trinajstić information content (AvgIpc) is 3.37. The second-order valence-electron chi connectivity index (χ2n) is 6.49. The van der Waals surface area contributed by atoms with Crippen molar-refractivity contribution in [3.8, 4) is 11.5 Å². The molecule has 1 aliphatic heterocycles. The zero-order chi connectivity index (χ0) is 18.6. The van der Waals surface area contributed by atoms with Crippen molar-refractivity contribution in [2.45, 2.75) is 13.0 Å². The Morgan fingerprint density at radius 2 is 2.00 bits per heavy atom. The maximum Gasteiger partial charge on any atom is 0.227 e. The second-order valence-corrected chi connectivity index (χ2v) is 6.49. The summed E-state index contributed by atoms with van der Waals surface area (Å²) in [5.74, 6) is 0.229. The number of nitrogens with zero attached hydrogens (tertiary/aromatic N) is 2. The molecule has 1 aromatic carbocycles. The summed E-state index contributed by atoms with van der Waals surface area (Å²) in [6.45, 7) is 0.782. The maximum atomic E-state index is 12.5. The molecule has 6 heteroatoms. The van der Waals surface area contributed by atoms with Crippen molar-refractivity contribution in [3.63, 3.8) is 0 Å². The minimum Gasteiger partial charge on any atom is -0.463 e. The van der Waals surface area contributed by atoms with Crippen molar-refractivity contribution in [3.05, 3.63) is 72.6 Å². The molecular weight excluding hydrogens is 342 g/mol. The lowest BCUT2D eigenvalue weighted by atomic mass is 10.1. The molecule has 0 saturated carbocycles. The smallest absolute Gasteiger partial charge is 0.227 e. The first-order valence-electron chi connectivity index (χ1n) is 8.82. The molecule has 2 aromatic heterocycles. The zero-order valence-corrected chi connectivity index (χ0v) is 14.7. The van der Waals surface area contributed by atoms with Crippen molar-refractivity contribution in [2.75, 3.05) is 11.4 Å². The number of pyridine rings is 1. The fourth-order valence-corrected chi connectivity index (χ4v) is 3.17. The molecule has 1 fully saturated rings. The number of rotatable bonds is 5. The summed E-state index contributed by atoms with van der Waals surface area (Å²) in [4.78, 5) is 30.7. The van der Waals surface area contributed by atoms with Crippen molar-refractivity contribution >= 4 is 17.5 Å². The molecule has 0 radical (unpaired) electrons. The number of hydrogen-bond acceptors (Lipinski definition) is 4. The summed E-state index contributed by atoms with van der Waals surface area (Å²) in [5.41, 5.74) is 2.47. The number of amides is 2. The third kappa shape index (κ3) is 3.74. The van der Waals surface area contributed by atoms with Crippen LogP contribution in [0.5, 0.6) is 0 Å². The van der Waals surface area contributed by atoms with Gasteiger partial charge in [0.05, 0.1) is 12.2 Å². The van der Waals surface area contributed by atoms with E-state index in [4.69, 9.17) is 4.42 Å². The highest BCUT2D eigenvalue weighted by molar-refractivity contribution is 6.00. The first kappa shape index (κ1) is 17.0. The standard InChI is InChI=1S/C21H19N3O3/c25-20-11-16(14-24(20)17-5-2-1-3-6-17)21(26)23-13-15-8-9-18(22-12-15)19-7-4-10-27-19/h1-10,12,16H,11,13-14H2,(H,23,26). The summed E-state index contributed by atoms with van der Waals surface area (Å²) in [5, 5.41) is 2.91. The van der Waals surface area contributed by atoms with Crippen LogP contribution in [-0.2, 0) is 16.1 Å². The Bertz CT molecular complexity index is 921. The molecule has 2 amide bonds. The first-order chi connectivity index (χ1) is 13.2. The molecular formula is C21H19N3O3. The van der Waals surface area contributed by atoms with Crippen LogP contribution in [0.25, 0.3) is 11.5 Å². The average molecular weight is 361 g/mol. The van der Waals surface area contributed by atoms with Crippen molar-refractivity contribution in [1.29, 1.82) is 0 Å². The Kier molecular flexibility index (Phi) is 4.70. The minimum atomic E-state index is -0.340. The van der Waals surface area contributed by atoms with Crippen molar-refractivity contribution in [2.24, 2.45) is 5.92 Å². The van der Waals surface area contributed by atoms with Gasteiger partial charge in [0, 0.05) is 31.4 Å². The first-order valence-corrected chi connectivity index (χ1v) is 8.82. The SMILES string of the molecule is O=C(NCc1ccc(-c2ccco2)nc1)C1CC(=O)N(c2ccccc2)C1. The number of furan rings is 1. The van der Waals surface area contributed by atoms with Gasteiger partial charge in [0.2, 0.25) is 11.8 Å². The Labute approximate surface area is 156 Å². The second kappa shape index (κ2) is 7.45. The Morgan fingerprint density at radius 3 is 2.70 bits per heavy atom. The number of nitrogens with one attached hydrogen (secondary N) is 1. The van der Waals surface area contributed by atoms with Crippen molar-refractivity contribution in [1.82, 2.24) is 10.3 Å². The van der Waals surface area contributed by atoms with E-state index in [9.17, 15) is 9.59 Å². The van der Waals surface area contributed by atoms with Crippen LogP contribution in [0, 0.1) is 5.92 Å². The van der Waals surface area contributed by atoms with Crippen LogP contribution in [-0.4, -0.2) is 23.3 Å². The molecule has 0 aliphatic carbocycles. The van der Waals surface area contributed by atoms with E-state index in [2.05, 4.69) is 10.3 Å². The van der Waals surface area contributed by atoms with Gasteiger partial charge in [0.25, 0.3) is 0 Å². The van der Waals surface area contributed by atoms with Gasteiger partial charge in [-0.1, -0.05) is 24.3 Å². The van der Waals surface area contributed by atoms with Crippen LogP contribution in [0.2, 0.25) is 0 Å². The lowest BCUT2D eigenvalue weighted by molar-refractivity contribution is -0.126. The quantitative estimate of drug-likeness (QED) is 0.758. The summed E-state index contributed by atoms with van der Waals surface area (Å²) in [6.07, 6.45) is 3.55. The van der Waals surface area contributed by atoms with Crippen molar-refractivity contribution < 1.29 is 14.0 Å². The number of carbonyl (C=O) groups excluding carboxylic acids is 2. The number of aromatic nitrogens is 1. The number of hydrogen-bond donors (Lipinski definition) is 1. The van der Waals surface area contributed by atoms with Crippen LogP contribution < -0.4 is 10.2 Å². The number of carbonyl (C=O) groups is 2. The molecule has 0 spiro atoms.